The lowest BCUT2D eigenvalue weighted by Crippen LogP contribution is -2.14. The van der Waals surface area contributed by atoms with E-state index in [2.05, 4.69) is 15.5 Å². The number of nitrogens with two attached hydrogens (primary N) is 1. The van der Waals surface area contributed by atoms with Crippen molar-refractivity contribution in [3.05, 3.63) is 35.7 Å². The first-order valence-electron chi connectivity index (χ1n) is 4.59. The lowest BCUT2D eigenvalue weighted by Gasteiger charge is -2.07. The van der Waals surface area contributed by atoms with Gasteiger partial charge in [-0.3, -0.25) is 0 Å². The molecule has 0 aliphatic carbocycles. The Morgan fingerprint density at radius 2 is 2.12 bits per heavy atom. The molecular formula is C9H9F2N5. The number of nitrogens with zero attached hydrogens (tertiary/aromatic N) is 4. The number of benzene rings is 1. The predicted molar refractivity (Wildman–Crippen MR) is 51.7 cm³/mol. The third kappa shape index (κ3) is 1.76. The zero-order valence-corrected chi connectivity index (χ0v) is 8.43. The number of aromatic nitrogens is 4. The van der Waals surface area contributed by atoms with Gasteiger partial charge in [0.1, 0.15) is 17.3 Å². The summed E-state index contributed by atoms with van der Waals surface area (Å²) in [6, 6.07) is 2.57. The van der Waals surface area contributed by atoms with Crippen molar-refractivity contribution in [2.75, 3.05) is 0 Å². The maximum absolute atomic E-state index is 13.5. The molecule has 0 radical (unpaired) electrons. The van der Waals surface area contributed by atoms with Crippen molar-refractivity contribution in [3.63, 3.8) is 0 Å². The number of rotatable bonds is 2. The first kappa shape index (κ1) is 10.6. The minimum atomic E-state index is -0.615. The van der Waals surface area contributed by atoms with Gasteiger partial charge in [-0.15, -0.1) is 5.10 Å². The SMILES string of the molecule is CC(N)c1nnnn1-c1cc(F)ccc1F. The minimum Gasteiger partial charge on any atom is -0.321 e. The van der Waals surface area contributed by atoms with Crippen molar-refractivity contribution in [1.29, 1.82) is 0 Å². The van der Waals surface area contributed by atoms with Gasteiger partial charge in [0, 0.05) is 6.07 Å². The highest BCUT2D eigenvalue weighted by Crippen LogP contribution is 2.16. The standard InChI is InChI=1S/C9H9F2N5/c1-5(12)9-13-14-15-16(9)8-4-6(10)2-3-7(8)11/h2-5H,12H2,1H3. The van der Waals surface area contributed by atoms with Crippen LogP contribution in [0.1, 0.15) is 18.8 Å². The van der Waals surface area contributed by atoms with Crippen molar-refractivity contribution >= 4 is 0 Å². The van der Waals surface area contributed by atoms with Crippen LogP contribution in [0.4, 0.5) is 8.78 Å². The summed E-state index contributed by atoms with van der Waals surface area (Å²) in [6.07, 6.45) is 0. The molecule has 1 aromatic heterocycles. The van der Waals surface area contributed by atoms with Gasteiger partial charge in [0.15, 0.2) is 5.82 Å². The molecule has 0 fully saturated rings. The third-order valence-corrected chi connectivity index (χ3v) is 2.04. The van der Waals surface area contributed by atoms with Crippen molar-refractivity contribution in [3.8, 4) is 5.69 Å². The number of halogens is 2. The van der Waals surface area contributed by atoms with Gasteiger partial charge in [0.05, 0.1) is 6.04 Å². The van der Waals surface area contributed by atoms with Gasteiger partial charge < -0.3 is 5.73 Å². The van der Waals surface area contributed by atoms with Crippen LogP contribution < -0.4 is 5.73 Å². The van der Waals surface area contributed by atoms with Crippen LogP contribution in [0, 0.1) is 11.6 Å². The normalized spacial score (nSPS) is 12.8. The number of tetrazole rings is 1. The fourth-order valence-corrected chi connectivity index (χ4v) is 1.30. The molecule has 7 heteroatoms. The molecule has 0 spiro atoms. The van der Waals surface area contributed by atoms with E-state index in [1.54, 1.807) is 6.92 Å². The second-order valence-corrected chi connectivity index (χ2v) is 3.33. The van der Waals surface area contributed by atoms with Crippen LogP contribution in [-0.4, -0.2) is 20.2 Å². The Morgan fingerprint density at radius 3 is 2.81 bits per heavy atom. The maximum atomic E-state index is 13.5. The molecule has 0 amide bonds. The van der Waals surface area contributed by atoms with Crippen molar-refractivity contribution < 1.29 is 8.78 Å². The highest BCUT2D eigenvalue weighted by Gasteiger charge is 2.15. The lowest BCUT2D eigenvalue weighted by molar-refractivity contribution is 0.575. The highest BCUT2D eigenvalue weighted by molar-refractivity contribution is 5.33. The van der Waals surface area contributed by atoms with Gasteiger partial charge >= 0.3 is 0 Å². The molecule has 5 nitrogen and oxygen atoms in total. The predicted octanol–water partition coefficient (Wildman–Crippen LogP) is 0.960. The van der Waals surface area contributed by atoms with Crippen LogP contribution in [-0.2, 0) is 0 Å². The van der Waals surface area contributed by atoms with Gasteiger partial charge in [0.25, 0.3) is 0 Å². The Bertz CT molecular complexity index is 508. The molecule has 1 unspecified atom stereocenters. The molecule has 2 rings (SSSR count). The smallest absolute Gasteiger partial charge is 0.173 e. The van der Waals surface area contributed by atoms with Crippen molar-refractivity contribution in [1.82, 2.24) is 20.2 Å². The first-order valence-corrected chi connectivity index (χ1v) is 4.59. The quantitative estimate of drug-likeness (QED) is 0.826. The summed E-state index contributed by atoms with van der Waals surface area (Å²) < 4.78 is 27.5. The van der Waals surface area contributed by atoms with E-state index in [0.29, 0.717) is 0 Å². The Balaban J connectivity index is 2.58. The van der Waals surface area contributed by atoms with Crippen LogP contribution in [0.3, 0.4) is 0 Å². The zero-order chi connectivity index (χ0) is 11.7. The Kier molecular flexibility index (Phi) is 2.61. The molecule has 0 saturated heterocycles. The fourth-order valence-electron chi connectivity index (χ4n) is 1.30. The van der Waals surface area contributed by atoms with Gasteiger partial charge in [0.2, 0.25) is 0 Å². The topological polar surface area (TPSA) is 69.6 Å². The minimum absolute atomic E-state index is 0.0581. The van der Waals surface area contributed by atoms with Crippen LogP contribution >= 0.6 is 0 Å². The Labute approximate surface area is 89.9 Å². The van der Waals surface area contributed by atoms with E-state index in [1.807, 2.05) is 0 Å². The number of hydrogen-bond donors (Lipinski definition) is 1. The monoisotopic (exact) mass is 225 g/mol. The van der Waals surface area contributed by atoms with E-state index in [-0.39, 0.29) is 11.5 Å². The van der Waals surface area contributed by atoms with Gasteiger partial charge in [-0.25, -0.2) is 8.78 Å². The van der Waals surface area contributed by atoms with E-state index in [4.69, 9.17) is 5.73 Å². The largest absolute Gasteiger partial charge is 0.321 e. The van der Waals surface area contributed by atoms with Gasteiger partial charge in [-0.05, 0) is 29.5 Å². The van der Waals surface area contributed by atoms with E-state index >= 15 is 0 Å². The summed E-state index contributed by atoms with van der Waals surface area (Å²) in [6.45, 7) is 1.65. The summed E-state index contributed by atoms with van der Waals surface area (Å²) >= 11 is 0. The summed E-state index contributed by atoms with van der Waals surface area (Å²) in [5.74, 6) is -0.914. The zero-order valence-electron chi connectivity index (χ0n) is 8.43. The van der Waals surface area contributed by atoms with Crippen molar-refractivity contribution in [2.45, 2.75) is 13.0 Å². The number of hydrogen-bond acceptors (Lipinski definition) is 4. The van der Waals surface area contributed by atoms with Gasteiger partial charge in [-0.2, -0.15) is 4.68 Å². The summed E-state index contributed by atoms with van der Waals surface area (Å²) in [5, 5.41) is 10.6. The van der Waals surface area contributed by atoms with E-state index in [0.717, 1.165) is 22.9 Å². The van der Waals surface area contributed by atoms with Crippen molar-refractivity contribution in [2.24, 2.45) is 5.73 Å². The molecule has 16 heavy (non-hydrogen) atoms. The fraction of sp³-hybridized carbons (Fsp3) is 0.222. The second kappa shape index (κ2) is 3.93. The van der Waals surface area contributed by atoms with Crippen LogP contribution in [0.5, 0.6) is 0 Å². The molecule has 2 N–H and O–H groups in total. The Morgan fingerprint density at radius 1 is 1.38 bits per heavy atom. The summed E-state index contributed by atoms with van der Waals surface area (Å²) in [4.78, 5) is 0. The maximum Gasteiger partial charge on any atom is 0.173 e. The highest BCUT2D eigenvalue weighted by atomic mass is 19.1. The molecule has 2 aromatic rings. The average molecular weight is 225 g/mol. The molecule has 0 aliphatic rings. The summed E-state index contributed by atoms with van der Waals surface area (Å²) in [7, 11) is 0. The second-order valence-electron chi connectivity index (χ2n) is 3.33. The molecule has 0 bridgehead atoms. The molecule has 84 valence electrons. The van der Waals surface area contributed by atoms with Crippen LogP contribution in [0.15, 0.2) is 18.2 Å². The molecular weight excluding hydrogens is 216 g/mol. The van der Waals surface area contributed by atoms with E-state index < -0.39 is 17.7 Å². The Hall–Kier alpha value is -1.89. The first-order chi connectivity index (χ1) is 7.59. The van der Waals surface area contributed by atoms with Crippen LogP contribution in [0.25, 0.3) is 5.69 Å². The molecule has 0 aliphatic heterocycles. The lowest BCUT2D eigenvalue weighted by atomic mass is 10.2. The molecule has 0 saturated carbocycles. The molecule has 1 atom stereocenters. The third-order valence-electron chi connectivity index (χ3n) is 2.04. The van der Waals surface area contributed by atoms with E-state index in [9.17, 15) is 8.78 Å². The molecule has 1 aromatic carbocycles. The van der Waals surface area contributed by atoms with E-state index in [1.165, 1.54) is 0 Å². The molecule has 1 heterocycles. The summed E-state index contributed by atoms with van der Waals surface area (Å²) in [5.41, 5.74) is 5.55. The average Bonchev–Trinajstić information content (AvgIpc) is 2.70. The van der Waals surface area contributed by atoms with Crippen LogP contribution in [0.2, 0.25) is 0 Å². The van der Waals surface area contributed by atoms with Gasteiger partial charge in [-0.1, -0.05) is 0 Å².